The number of amides is 2. The van der Waals surface area contributed by atoms with Crippen LogP contribution >= 0.6 is 22.6 Å². The van der Waals surface area contributed by atoms with E-state index in [1.807, 2.05) is 66.7 Å². The molecule has 120 valence electrons. The molecule has 0 aliphatic rings. The van der Waals surface area contributed by atoms with Crippen molar-refractivity contribution in [2.45, 2.75) is 0 Å². The molecule has 0 atom stereocenters. The molecule has 0 fully saturated rings. The van der Waals surface area contributed by atoms with E-state index in [0.717, 1.165) is 20.6 Å². The van der Waals surface area contributed by atoms with Crippen LogP contribution in [0.5, 0.6) is 0 Å². The summed E-state index contributed by atoms with van der Waals surface area (Å²) in [6, 6.07) is 24.2. The predicted octanol–water partition coefficient (Wildman–Crippen LogP) is 5.24. The van der Waals surface area contributed by atoms with E-state index < -0.39 is 0 Å². The predicted molar refractivity (Wildman–Crippen MR) is 108 cm³/mol. The minimum atomic E-state index is -0.227. The third kappa shape index (κ3) is 3.68. The lowest BCUT2D eigenvalue weighted by Crippen LogP contribution is -2.31. The molecule has 0 aromatic heterocycles. The maximum absolute atomic E-state index is 12.9. The van der Waals surface area contributed by atoms with Gasteiger partial charge in [0.25, 0.3) is 0 Å². The second-order valence-corrected chi connectivity index (χ2v) is 6.33. The normalized spacial score (nSPS) is 10.2. The number of hydrogen-bond acceptors (Lipinski definition) is 2. The molecule has 0 aliphatic carbocycles. The van der Waals surface area contributed by atoms with E-state index in [1.54, 1.807) is 17.0 Å². The van der Waals surface area contributed by atoms with Gasteiger partial charge in [-0.1, -0.05) is 30.3 Å². The van der Waals surface area contributed by atoms with Gasteiger partial charge in [-0.05, 0) is 71.1 Å². The van der Waals surface area contributed by atoms with E-state index >= 15 is 0 Å². The first-order valence-corrected chi connectivity index (χ1v) is 8.49. The Morgan fingerprint density at radius 2 is 1.42 bits per heavy atom. The third-order valence-corrected chi connectivity index (χ3v) is 4.42. The van der Waals surface area contributed by atoms with Gasteiger partial charge in [0, 0.05) is 9.26 Å². The van der Waals surface area contributed by atoms with Crippen molar-refractivity contribution in [1.82, 2.24) is 0 Å². The van der Waals surface area contributed by atoms with Crippen LogP contribution in [-0.2, 0) is 0 Å². The van der Waals surface area contributed by atoms with Crippen LogP contribution in [0, 0.1) is 3.57 Å². The maximum Gasteiger partial charge on any atom is 0.330 e. The van der Waals surface area contributed by atoms with Gasteiger partial charge in [0.05, 0.1) is 17.1 Å². The average molecular weight is 429 g/mol. The third-order valence-electron chi connectivity index (χ3n) is 3.48. The Morgan fingerprint density at radius 3 is 2.08 bits per heavy atom. The molecular weight excluding hydrogens is 413 g/mol. The smallest absolute Gasteiger partial charge is 0.330 e. The summed E-state index contributed by atoms with van der Waals surface area (Å²) in [5, 5.41) is 2.97. The second-order valence-electron chi connectivity index (χ2n) is 5.17. The first kappa shape index (κ1) is 16.3. The Morgan fingerprint density at radius 1 is 0.833 bits per heavy atom. The molecule has 0 spiro atoms. The largest absolute Gasteiger partial charge is 0.399 e. The quantitative estimate of drug-likeness (QED) is 0.442. The van der Waals surface area contributed by atoms with E-state index in [9.17, 15) is 4.79 Å². The molecule has 3 N–H and O–H groups in total. The Balaban J connectivity index is 1.97. The van der Waals surface area contributed by atoms with Gasteiger partial charge < -0.3 is 11.1 Å². The number of urea groups is 1. The summed E-state index contributed by atoms with van der Waals surface area (Å²) in [7, 11) is 0. The number of nitrogens with zero attached hydrogens (tertiary/aromatic N) is 1. The van der Waals surface area contributed by atoms with Gasteiger partial charge in [-0.25, -0.2) is 4.79 Å². The fourth-order valence-electron chi connectivity index (χ4n) is 2.32. The molecule has 0 bridgehead atoms. The molecule has 4 nitrogen and oxygen atoms in total. The molecule has 24 heavy (non-hydrogen) atoms. The zero-order valence-corrected chi connectivity index (χ0v) is 15.0. The van der Waals surface area contributed by atoms with Crippen molar-refractivity contribution >= 4 is 51.4 Å². The number of para-hydroxylation sites is 2. The van der Waals surface area contributed by atoms with Crippen molar-refractivity contribution in [2.75, 3.05) is 16.0 Å². The summed E-state index contributed by atoms with van der Waals surface area (Å²) in [6.07, 6.45) is 0. The monoisotopic (exact) mass is 429 g/mol. The Hall–Kier alpha value is -2.54. The first-order valence-electron chi connectivity index (χ1n) is 7.41. The highest BCUT2D eigenvalue weighted by atomic mass is 127. The number of halogens is 1. The molecule has 0 unspecified atom stereocenters. The van der Waals surface area contributed by atoms with Crippen LogP contribution in [0.2, 0.25) is 0 Å². The number of nitrogens with one attached hydrogen (secondary N) is 1. The van der Waals surface area contributed by atoms with Crippen LogP contribution in [0.4, 0.5) is 27.5 Å². The zero-order chi connectivity index (χ0) is 16.9. The van der Waals surface area contributed by atoms with Crippen LogP contribution < -0.4 is 16.0 Å². The molecule has 0 aliphatic heterocycles. The summed E-state index contributed by atoms with van der Waals surface area (Å²) in [5.74, 6) is 0. The van der Waals surface area contributed by atoms with Gasteiger partial charge in [-0.15, -0.1) is 0 Å². The second kappa shape index (κ2) is 7.35. The summed E-state index contributed by atoms with van der Waals surface area (Å²) >= 11 is 2.20. The molecule has 3 aromatic rings. The van der Waals surface area contributed by atoms with Gasteiger partial charge in [0.15, 0.2) is 0 Å². The van der Waals surface area contributed by atoms with E-state index in [0.29, 0.717) is 5.69 Å². The number of carbonyl (C=O) groups excluding carboxylic acids is 1. The van der Waals surface area contributed by atoms with Gasteiger partial charge in [-0.3, -0.25) is 4.90 Å². The Labute approximate surface area is 154 Å². The highest BCUT2D eigenvalue weighted by Gasteiger charge is 2.18. The molecule has 0 radical (unpaired) electrons. The van der Waals surface area contributed by atoms with Gasteiger partial charge in [0.1, 0.15) is 0 Å². The van der Waals surface area contributed by atoms with Crippen LogP contribution in [0.15, 0.2) is 78.9 Å². The summed E-state index contributed by atoms with van der Waals surface area (Å²) < 4.78 is 0.980. The lowest BCUT2D eigenvalue weighted by atomic mass is 10.2. The molecule has 2 amide bonds. The molecular formula is C19H16IN3O. The molecule has 0 saturated carbocycles. The fraction of sp³-hybridized carbons (Fsp3) is 0. The SMILES string of the molecule is Nc1ccc(N(C(=O)Nc2ccccc2I)c2ccccc2)cc1. The zero-order valence-electron chi connectivity index (χ0n) is 12.8. The number of nitrogens with two attached hydrogens (primary N) is 1. The number of benzene rings is 3. The highest BCUT2D eigenvalue weighted by molar-refractivity contribution is 14.1. The highest BCUT2D eigenvalue weighted by Crippen LogP contribution is 2.27. The van der Waals surface area contributed by atoms with Crippen molar-refractivity contribution in [3.63, 3.8) is 0 Å². The standard InChI is InChI=1S/C19H16IN3O/c20-17-8-4-5-9-18(17)22-19(24)23(15-6-2-1-3-7-15)16-12-10-14(21)11-13-16/h1-13H,21H2,(H,22,24). The van der Waals surface area contributed by atoms with Crippen LogP contribution in [-0.4, -0.2) is 6.03 Å². The average Bonchev–Trinajstić information content (AvgIpc) is 2.60. The lowest BCUT2D eigenvalue weighted by Gasteiger charge is -2.24. The number of carbonyl (C=O) groups is 1. The lowest BCUT2D eigenvalue weighted by molar-refractivity contribution is 0.259. The van der Waals surface area contributed by atoms with Crippen molar-refractivity contribution in [3.8, 4) is 0 Å². The fourth-order valence-corrected chi connectivity index (χ4v) is 2.84. The Bertz CT molecular complexity index is 835. The van der Waals surface area contributed by atoms with Crippen LogP contribution in [0.3, 0.4) is 0 Å². The molecule has 0 saturated heterocycles. The minimum absolute atomic E-state index is 0.227. The number of hydrogen-bond donors (Lipinski definition) is 2. The van der Waals surface area contributed by atoms with Gasteiger partial charge in [-0.2, -0.15) is 0 Å². The minimum Gasteiger partial charge on any atom is -0.399 e. The topological polar surface area (TPSA) is 58.4 Å². The molecule has 5 heteroatoms. The summed E-state index contributed by atoms with van der Waals surface area (Å²) in [5.41, 5.74) is 8.73. The Kier molecular flexibility index (Phi) is 5.00. The molecule has 0 heterocycles. The van der Waals surface area contributed by atoms with Crippen molar-refractivity contribution in [2.24, 2.45) is 0 Å². The maximum atomic E-state index is 12.9. The molecule has 3 rings (SSSR count). The van der Waals surface area contributed by atoms with Gasteiger partial charge >= 0.3 is 6.03 Å². The number of rotatable bonds is 3. The summed E-state index contributed by atoms with van der Waals surface area (Å²) in [6.45, 7) is 0. The first-order chi connectivity index (χ1) is 11.6. The molecule has 3 aromatic carbocycles. The van der Waals surface area contributed by atoms with Crippen molar-refractivity contribution in [3.05, 3.63) is 82.4 Å². The number of anilines is 4. The van der Waals surface area contributed by atoms with Crippen molar-refractivity contribution in [1.29, 1.82) is 0 Å². The van der Waals surface area contributed by atoms with Crippen molar-refractivity contribution < 1.29 is 4.79 Å². The van der Waals surface area contributed by atoms with Crippen LogP contribution in [0.25, 0.3) is 0 Å². The van der Waals surface area contributed by atoms with E-state index in [2.05, 4.69) is 27.9 Å². The van der Waals surface area contributed by atoms with Crippen LogP contribution in [0.1, 0.15) is 0 Å². The number of nitrogen functional groups attached to an aromatic ring is 1. The van der Waals surface area contributed by atoms with E-state index in [-0.39, 0.29) is 6.03 Å². The van der Waals surface area contributed by atoms with E-state index in [4.69, 9.17) is 5.73 Å². The van der Waals surface area contributed by atoms with E-state index in [1.165, 1.54) is 0 Å². The van der Waals surface area contributed by atoms with Gasteiger partial charge in [0.2, 0.25) is 0 Å². The summed E-state index contributed by atoms with van der Waals surface area (Å²) in [4.78, 5) is 14.6.